The van der Waals surface area contributed by atoms with Gasteiger partial charge in [0.1, 0.15) is 5.69 Å². The Morgan fingerprint density at radius 3 is 3.08 bits per heavy atom. The topological polar surface area (TPSA) is 81.1 Å². The third-order valence-corrected chi connectivity index (χ3v) is 1.76. The molecule has 1 unspecified atom stereocenters. The highest BCUT2D eigenvalue weighted by atomic mass is 16.3. The molecule has 72 valence electrons. The summed E-state index contributed by atoms with van der Waals surface area (Å²) in [5, 5.41) is 9.22. The molecule has 1 heterocycles. The minimum Gasteiger partial charge on any atom is -0.390 e. The molecule has 0 saturated carbocycles. The van der Waals surface area contributed by atoms with Crippen molar-refractivity contribution in [1.29, 1.82) is 0 Å². The Kier molecular flexibility index (Phi) is 3.16. The van der Waals surface area contributed by atoms with Crippen LogP contribution in [0.1, 0.15) is 5.69 Å². The highest BCUT2D eigenvalue weighted by Gasteiger charge is 2.04. The summed E-state index contributed by atoms with van der Waals surface area (Å²) in [5.41, 5.74) is 5.46. The maximum absolute atomic E-state index is 11.4. The Bertz CT molecular complexity index is 334. The lowest BCUT2D eigenvalue weighted by molar-refractivity contribution is 0.160. The van der Waals surface area contributed by atoms with Crippen LogP contribution in [0.3, 0.4) is 0 Å². The zero-order chi connectivity index (χ0) is 9.84. The van der Waals surface area contributed by atoms with Gasteiger partial charge in [0, 0.05) is 18.9 Å². The molecule has 5 nitrogen and oxygen atoms in total. The predicted octanol–water partition coefficient (Wildman–Crippen LogP) is -1.13. The van der Waals surface area contributed by atoms with Crippen molar-refractivity contribution in [1.82, 2.24) is 9.55 Å². The standard InChI is InChI=1S/C8H13N3O2/c1-6-8(13)11(3-2-10-6)5-7(12)4-9/h2-3,7,12H,4-5,9H2,1H3. The predicted molar refractivity (Wildman–Crippen MR) is 48.3 cm³/mol. The quantitative estimate of drug-likeness (QED) is 0.621. The average molecular weight is 183 g/mol. The van der Waals surface area contributed by atoms with Crippen molar-refractivity contribution in [2.24, 2.45) is 5.73 Å². The first-order valence-corrected chi connectivity index (χ1v) is 4.05. The summed E-state index contributed by atoms with van der Waals surface area (Å²) in [6, 6.07) is 0. The second-order valence-electron chi connectivity index (χ2n) is 2.86. The van der Waals surface area contributed by atoms with Crippen molar-refractivity contribution >= 4 is 0 Å². The van der Waals surface area contributed by atoms with Gasteiger partial charge in [0.05, 0.1) is 12.6 Å². The molecule has 0 bridgehead atoms. The van der Waals surface area contributed by atoms with Gasteiger partial charge in [0.25, 0.3) is 5.56 Å². The second kappa shape index (κ2) is 4.15. The summed E-state index contributed by atoms with van der Waals surface area (Å²) in [5.74, 6) is 0. The number of aromatic nitrogens is 2. The van der Waals surface area contributed by atoms with Crippen LogP contribution in [0.5, 0.6) is 0 Å². The summed E-state index contributed by atoms with van der Waals surface area (Å²) in [6.07, 6.45) is 2.38. The van der Waals surface area contributed by atoms with Gasteiger partial charge >= 0.3 is 0 Å². The van der Waals surface area contributed by atoms with Gasteiger partial charge in [-0.2, -0.15) is 0 Å². The van der Waals surface area contributed by atoms with Gasteiger partial charge in [0.15, 0.2) is 0 Å². The van der Waals surface area contributed by atoms with Crippen LogP contribution >= 0.6 is 0 Å². The molecule has 1 aromatic rings. The van der Waals surface area contributed by atoms with E-state index in [1.54, 1.807) is 6.92 Å². The smallest absolute Gasteiger partial charge is 0.272 e. The van der Waals surface area contributed by atoms with Crippen LogP contribution in [0.4, 0.5) is 0 Å². The van der Waals surface area contributed by atoms with Crippen LogP contribution in [-0.2, 0) is 6.54 Å². The maximum atomic E-state index is 11.4. The Hall–Kier alpha value is -1.20. The van der Waals surface area contributed by atoms with E-state index in [9.17, 15) is 9.90 Å². The molecule has 0 aliphatic heterocycles. The summed E-state index contributed by atoms with van der Waals surface area (Å²) >= 11 is 0. The monoisotopic (exact) mass is 183 g/mol. The third-order valence-electron chi connectivity index (χ3n) is 1.76. The first kappa shape index (κ1) is 9.88. The van der Waals surface area contributed by atoms with E-state index in [4.69, 9.17) is 5.73 Å². The summed E-state index contributed by atoms with van der Waals surface area (Å²) in [6.45, 7) is 2.00. The molecule has 13 heavy (non-hydrogen) atoms. The maximum Gasteiger partial charge on any atom is 0.272 e. The van der Waals surface area contributed by atoms with E-state index >= 15 is 0 Å². The highest BCUT2D eigenvalue weighted by Crippen LogP contribution is 1.88. The minimum atomic E-state index is -0.681. The molecule has 0 amide bonds. The first-order valence-electron chi connectivity index (χ1n) is 4.05. The molecular weight excluding hydrogens is 170 g/mol. The number of hydrogen-bond donors (Lipinski definition) is 2. The largest absolute Gasteiger partial charge is 0.390 e. The molecule has 0 fully saturated rings. The number of aryl methyl sites for hydroxylation is 1. The molecule has 0 aliphatic carbocycles. The van der Waals surface area contributed by atoms with Crippen LogP contribution in [0.25, 0.3) is 0 Å². The molecule has 0 spiro atoms. The molecule has 1 atom stereocenters. The van der Waals surface area contributed by atoms with Crippen molar-refractivity contribution in [3.05, 3.63) is 28.4 Å². The van der Waals surface area contributed by atoms with Gasteiger partial charge in [-0.15, -0.1) is 0 Å². The first-order chi connectivity index (χ1) is 6.15. The van der Waals surface area contributed by atoms with Crippen LogP contribution in [0.15, 0.2) is 17.2 Å². The zero-order valence-electron chi connectivity index (χ0n) is 7.47. The number of nitrogens with zero attached hydrogens (tertiary/aromatic N) is 2. The van der Waals surface area contributed by atoms with Gasteiger partial charge in [-0.3, -0.25) is 9.78 Å². The number of nitrogens with two attached hydrogens (primary N) is 1. The van der Waals surface area contributed by atoms with Crippen molar-refractivity contribution in [3.63, 3.8) is 0 Å². The Balaban J connectivity index is 2.89. The van der Waals surface area contributed by atoms with E-state index in [1.807, 2.05) is 0 Å². The van der Waals surface area contributed by atoms with E-state index in [0.29, 0.717) is 5.69 Å². The molecule has 3 N–H and O–H groups in total. The lowest BCUT2D eigenvalue weighted by atomic mass is 10.3. The van der Waals surface area contributed by atoms with E-state index in [2.05, 4.69) is 4.98 Å². The van der Waals surface area contributed by atoms with Gasteiger partial charge < -0.3 is 15.4 Å². The van der Waals surface area contributed by atoms with E-state index in [0.717, 1.165) is 0 Å². The van der Waals surface area contributed by atoms with E-state index in [1.165, 1.54) is 17.0 Å². The van der Waals surface area contributed by atoms with Crippen molar-refractivity contribution < 1.29 is 5.11 Å². The number of aliphatic hydroxyl groups excluding tert-OH is 1. The summed E-state index contributed by atoms with van der Waals surface area (Å²) in [7, 11) is 0. The second-order valence-corrected chi connectivity index (χ2v) is 2.86. The van der Waals surface area contributed by atoms with Crippen molar-refractivity contribution in [3.8, 4) is 0 Å². The van der Waals surface area contributed by atoms with Gasteiger partial charge in [-0.05, 0) is 6.92 Å². The molecule has 1 aromatic heterocycles. The van der Waals surface area contributed by atoms with Gasteiger partial charge in [-0.25, -0.2) is 0 Å². The summed E-state index contributed by atoms with van der Waals surface area (Å²) < 4.78 is 1.40. The van der Waals surface area contributed by atoms with Crippen LogP contribution in [0.2, 0.25) is 0 Å². The number of aliphatic hydroxyl groups is 1. The molecular formula is C8H13N3O2. The number of rotatable bonds is 3. The van der Waals surface area contributed by atoms with Gasteiger partial charge in [-0.1, -0.05) is 0 Å². The molecule has 0 aromatic carbocycles. The van der Waals surface area contributed by atoms with Crippen LogP contribution in [0, 0.1) is 6.92 Å². The zero-order valence-corrected chi connectivity index (χ0v) is 7.47. The lowest BCUT2D eigenvalue weighted by Crippen LogP contribution is -2.32. The molecule has 1 rings (SSSR count). The third kappa shape index (κ3) is 2.37. The van der Waals surface area contributed by atoms with E-state index in [-0.39, 0.29) is 18.6 Å². The normalized spacial score (nSPS) is 12.8. The Labute approximate surface area is 75.8 Å². The van der Waals surface area contributed by atoms with Crippen molar-refractivity contribution in [2.75, 3.05) is 6.54 Å². The fourth-order valence-corrected chi connectivity index (χ4v) is 1.00. The minimum absolute atomic E-state index is 0.147. The van der Waals surface area contributed by atoms with Gasteiger partial charge in [0.2, 0.25) is 0 Å². The molecule has 0 saturated heterocycles. The van der Waals surface area contributed by atoms with Crippen molar-refractivity contribution in [2.45, 2.75) is 19.6 Å². The number of hydrogen-bond acceptors (Lipinski definition) is 4. The summed E-state index contributed by atoms with van der Waals surface area (Å²) in [4.78, 5) is 15.2. The molecule has 0 radical (unpaired) electrons. The Morgan fingerprint density at radius 2 is 2.46 bits per heavy atom. The average Bonchev–Trinajstić information content (AvgIpc) is 2.13. The fraction of sp³-hybridized carbons (Fsp3) is 0.500. The highest BCUT2D eigenvalue weighted by molar-refractivity contribution is 4.94. The Morgan fingerprint density at radius 1 is 1.77 bits per heavy atom. The molecule has 5 heteroatoms. The lowest BCUT2D eigenvalue weighted by Gasteiger charge is -2.09. The van der Waals surface area contributed by atoms with Crippen LogP contribution in [-0.4, -0.2) is 27.3 Å². The van der Waals surface area contributed by atoms with Crippen LogP contribution < -0.4 is 11.3 Å². The SMILES string of the molecule is Cc1nccn(CC(O)CN)c1=O. The fourth-order valence-electron chi connectivity index (χ4n) is 1.00. The van der Waals surface area contributed by atoms with E-state index < -0.39 is 6.10 Å². The molecule has 0 aliphatic rings.